The van der Waals surface area contributed by atoms with Crippen molar-refractivity contribution in [3.8, 4) is 0 Å². The molecule has 0 spiro atoms. The van der Waals surface area contributed by atoms with Crippen molar-refractivity contribution in [2.45, 2.75) is 17.7 Å². The molecule has 150 valence electrons. The fourth-order valence-corrected chi connectivity index (χ4v) is 4.24. The number of nitrogens with one attached hydrogen (secondary N) is 2. The molecule has 1 aromatic heterocycles. The van der Waals surface area contributed by atoms with E-state index in [2.05, 4.69) is 10.6 Å². The van der Waals surface area contributed by atoms with Gasteiger partial charge < -0.3 is 19.8 Å². The average molecular weight is 428 g/mol. The first-order chi connectivity index (χ1) is 13.4. The second-order valence-corrected chi connectivity index (χ2v) is 8.19. The molecule has 2 aromatic rings. The van der Waals surface area contributed by atoms with Crippen molar-refractivity contribution < 1.29 is 27.2 Å². The van der Waals surface area contributed by atoms with E-state index in [4.69, 9.17) is 20.8 Å². The van der Waals surface area contributed by atoms with Gasteiger partial charge in [0.1, 0.15) is 12.0 Å². The Labute approximate surface area is 166 Å². The van der Waals surface area contributed by atoms with Crippen LogP contribution >= 0.6 is 11.6 Å². The lowest BCUT2D eigenvalue weighted by molar-refractivity contribution is -0.139. The van der Waals surface area contributed by atoms with E-state index in [0.29, 0.717) is 10.8 Å². The molecule has 2 amide bonds. The number of hydrogen-bond acceptors (Lipinski definition) is 6. The Morgan fingerprint density at radius 2 is 1.86 bits per heavy atom. The lowest BCUT2D eigenvalue weighted by Gasteiger charge is -2.22. The predicted molar refractivity (Wildman–Crippen MR) is 98.6 cm³/mol. The standard InChI is InChI=1S/C17H18ClN3O6S/c18-12-3-5-14(6-4-12)28(24,25)21-7-9-27-15(21)11-20-17(23)16(22)19-10-13-2-1-8-26-13/h1-6,8,15H,7,9-11H2,(H,19,22)(H,20,23)/t15-/m0/s1. The van der Waals surface area contributed by atoms with Crippen LogP contribution in [0.4, 0.5) is 0 Å². The zero-order valence-electron chi connectivity index (χ0n) is 14.6. The largest absolute Gasteiger partial charge is 0.467 e. The van der Waals surface area contributed by atoms with Crippen molar-refractivity contribution in [3.05, 3.63) is 53.4 Å². The van der Waals surface area contributed by atoms with Crippen molar-refractivity contribution in [1.82, 2.24) is 14.9 Å². The van der Waals surface area contributed by atoms with Crippen LogP contribution in [0.15, 0.2) is 52.0 Å². The van der Waals surface area contributed by atoms with Gasteiger partial charge in [-0.2, -0.15) is 4.31 Å². The maximum Gasteiger partial charge on any atom is 0.309 e. The number of carbonyl (C=O) groups is 2. The van der Waals surface area contributed by atoms with E-state index >= 15 is 0 Å². The van der Waals surface area contributed by atoms with Gasteiger partial charge in [0.25, 0.3) is 0 Å². The summed E-state index contributed by atoms with van der Waals surface area (Å²) in [5.41, 5.74) is 0. The van der Waals surface area contributed by atoms with Crippen molar-refractivity contribution in [2.24, 2.45) is 0 Å². The molecule has 9 nitrogen and oxygen atoms in total. The van der Waals surface area contributed by atoms with E-state index in [1.54, 1.807) is 12.1 Å². The number of nitrogens with zero attached hydrogens (tertiary/aromatic N) is 1. The minimum Gasteiger partial charge on any atom is -0.467 e. The third kappa shape index (κ3) is 4.71. The van der Waals surface area contributed by atoms with Crippen LogP contribution in [0, 0.1) is 0 Å². The molecular formula is C17H18ClN3O6S. The normalized spacial score (nSPS) is 17.4. The molecule has 1 atom stereocenters. The number of amides is 2. The molecule has 1 aliphatic heterocycles. The van der Waals surface area contributed by atoms with E-state index in [-0.39, 0.29) is 31.1 Å². The monoisotopic (exact) mass is 427 g/mol. The second-order valence-electron chi connectivity index (χ2n) is 5.87. The van der Waals surface area contributed by atoms with E-state index in [9.17, 15) is 18.0 Å². The lowest BCUT2D eigenvalue weighted by Crippen LogP contribution is -2.47. The molecule has 2 N–H and O–H groups in total. The minimum atomic E-state index is -3.83. The highest BCUT2D eigenvalue weighted by molar-refractivity contribution is 7.89. The van der Waals surface area contributed by atoms with E-state index in [1.807, 2.05) is 0 Å². The first kappa shape index (κ1) is 20.3. The molecule has 2 heterocycles. The Morgan fingerprint density at radius 1 is 1.14 bits per heavy atom. The molecule has 0 unspecified atom stereocenters. The topological polar surface area (TPSA) is 118 Å². The summed E-state index contributed by atoms with van der Waals surface area (Å²) < 4.78 is 37.1. The van der Waals surface area contributed by atoms with Gasteiger partial charge in [0, 0.05) is 11.6 Å². The summed E-state index contributed by atoms with van der Waals surface area (Å²) in [6.07, 6.45) is 0.539. The number of sulfonamides is 1. The van der Waals surface area contributed by atoms with E-state index in [1.165, 1.54) is 30.5 Å². The zero-order valence-corrected chi connectivity index (χ0v) is 16.2. The Hall–Kier alpha value is -2.40. The summed E-state index contributed by atoms with van der Waals surface area (Å²) >= 11 is 5.80. The van der Waals surface area contributed by atoms with Crippen molar-refractivity contribution >= 4 is 33.4 Å². The van der Waals surface area contributed by atoms with Crippen LogP contribution in [0.25, 0.3) is 0 Å². The highest BCUT2D eigenvalue weighted by Crippen LogP contribution is 2.23. The van der Waals surface area contributed by atoms with Gasteiger partial charge >= 0.3 is 11.8 Å². The van der Waals surface area contributed by atoms with Crippen LogP contribution in [0.5, 0.6) is 0 Å². The summed E-state index contributed by atoms with van der Waals surface area (Å²) in [6, 6.07) is 9.07. The van der Waals surface area contributed by atoms with Crippen LogP contribution in [-0.4, -0.2) is 50.5 Å². The molecule has 3 rings (SSSR count). The van der Waals surface area contributed by atoms with Gasteiger partial charge in [0.2, 0.25) is 10.0 Å². The maximum absolute atomic E-state index is 12.8. The van der Waals surface area contributed by atoms with Gasteiger partial charge in [0.05, 0.1) is 30.9 Å². The van der Waals surface area contributed by atoms with Gasteiger partial charge in [0.15, 0.2) is 0 Å². The molecule has 0 radical (unpaired) electrons. The molecular weight excluding hydrogens is 410 g/mol. The number of ether oxygens (including phenoxy) is 1. The van der Waals surface area contributed by atoms with Gasteiger partial charge in [-0.25, -0.2) is 8.42 Å². The summed E-state index contributed by atoms with van der Waals surface area (Å²) in [5, 5.41) is 5.20. The highest BCUT2D eigenvalue weighted by atomic mass is 35.5. The van der Waals surface area contributed by atoms with Gasteiger partial charge in [-0.05, 0) is 36.4 Å². The number of hydrogen-bond donors (Lipinski definition) is 2. The Balaban J connectivity index is 1.56. The Bertz CT molecular complexity index is 930. The smallest absolute Gasteiger partial charge is 0.309 e. The molecule has 1 fully saturated rings. The van der Waals surface area contributed by atoms with Crippen LogP contribution in [0.2, 0.25) is 5.02 Å². The quantitative estimate of drug-likeness (QED) is 0.655. The highest BCUT2D eigenvalue weighted by Gasteiger charge is 2.36. The van der Waals surface area contributed by atoms with Gasteiger partial charge in [-0.3, -0.25) is 9.59 Å². The number of carbonyl (C=O) groups excluding carboxylic acids is 2. The maximum atomic E-state index is 12.8. The lowest BCUT2D eigenvalue weighted by atomic mass is 10.4. The first-order valence-electron chi connectivity index (χ1n) is 8.35. The summed E-state index contributed by atoms with van der Waals surface area (Å²) in [4.78, 5) is 23.8. The van der Waals surface area contributed by atoms with Crippen molar-refractivity contribution in [1.29, 1.82) is 0 Å². The third-order valence-corrected chi connectivity index (χ3v) is 6.17. The van der Waals surface area contributed by atoms with Crippen molar-refractivity contribution in [3.63, 3.8) is 0 Å². The average Bonchev–Trinajstić information content (AvgIpc) is 3.36. The molecule has 0 saturated carbocycles. The number of rotatable bonds is 6. The first-order valence-corrected chi connectivity index (χ1v) is 10.2. The summed E-state index contributed by atoms with van der Waals surface area (Å²) in [5.74, 6) is -1.26. The molecule has 0 bridgehead atoms. The molecule has 1 saturated heterocycles. The van der Waals surface area contributed by atoms with Crippen LogP contribution < -0.4 is 10.6 Å². The Morgan fingerprint density at radius 3 is 2.54 bits per heavy atom. The molecule has 1 aliphatic rings. The van der Waals surface area contributed by atoms with Gasteiger partial charge in [-0.15, -0.1) is 0 Å². The zero-order chi connectivity index (χ0) is 20.1. The fourth-order valence-electron chi connectivity index (χ4n) is 2.60. The van der Waals surface area contributed by atoms with Crippen LogP contribution in [-0.2, 0) is 30.9 Å². The fraction of sp³-hybridized carbons (Fsp3) is 0.294. The molecule has 28 heavy (non-hydrogen) atoms. The van der Waals surface area contributed by atoms with Gasteiger partial charge in [-0.1, -0.05) is 11.6 Å². The number of furan rings is 1. The van der Waals surface area contributed by atoms with Crippen LogP contribution in [0.3, 0.4) is 0 Å². The number of benzene rings is 1. The number of halogens is 1. The van der Waals surface area contributed by atoms with Crippen LogP contribution in [0.1, 0.15) is 5.76 Å². The summed E-state index contributed by atoms with van der Waals surface area (Å²) in [6.45, 7) is 0.213. The molecule has 0 aliphatic carbocycles. The Kier molecular flexibility index (Phi) is 6.35. The summed E-state index contributed by atoms with van der Waals surface area (Å²) in [7, 11) is -3.83. The van der Waals surface area contributed by atoms with E-state index < -0.39 is 28.1 Å². The second kappa shape index (κ2) is 8.74. The van der Waals surface area contributed by atoms with Crippen molar-refractivity contribution in [2.75, 3.05) is 19.7 Å². The minimum absolute atomic E-state index is 0.0647. The van der Waals surface area contributed by atoms with E-state index in [0.717, 1.165) is 4.31 Å². The molecule has 1 aromatic carbocycles. The molecule has 11 heteroatoms. The third-order valence-electron chi connectivity index (χ3n) is 4.01. The SMILES string of the molecule is O=C(NCc1ccco1)C(=O)NC[C@@H]1OCCN1S(=O)(=O)c1ccc(Cl)cc1. The predicted octanol–water partition coefficient (Wildman–Crippen LogP) is 0.713.